The van der Waals surface area contributed by atoms with Gasteiger partial charge in [-0.1, -0.05) is 47.5 Å². The average molecular weight is 419 g/mol. The van der Waals surface area contributed by atoms with Crippen molar-refractivity contribution in [3.63, 3.8) is 0 Å². The maximum Gasteiger partial charge on any atom is 0.297 e. The van der Waals surface area contributed by atoms with Crippen molar-refractivity contribution in [2.45, 2.75) is 11.8 Å². The molecule has 0 heterocycles. The van der Waals surface area contributed by atoms with Gasteiger partial charge in [0.25, 0.3) is 10.1 Å². The van der Waals surface area contributed by atoms with E-state index >= 15 is 0 Å². The summed E-state index contributed by atoms with van der Waals surface area (Å²) in [5, 5.41) is 0.356. The van der Waals surface area contributed by atoms with Crippen molar-refractivity contribution in [3.8, 4) is 17.2 Å². The summed E-state index contributed by atoms with van der Waals surface area (Å²) in [6.07, 6.45) is 0. The Labute approximate surface area is 169 Å². The summed E-state index contributed by atoms with van der Waals surface area (Å²) < 4.78 is 40.5. The molecule has 0 spiro atoms. The lowest BCUT2D eigenvalue weighted by Crippen LogP contribution is -2.13. The smallest absolute Gasteiger partial charge is 0.297 e. The molecule has 0 saturated heterocycles. The van der Waals surface area contributed by atoms with Crippen molar-refractivity contribution >= 4 is 21.7 Å². The molecule has 0 radical (unpaired) electrons. The van der Waals surface area contributed by atoms with Crippen molar-refractivity contribution in [2.75, 3.05) is 13.2 Å². The summed E-state index contributed by atoms with van der Waals surface area (Å²) in [4.78, 5) is 0.110. The predicted molar refractivity (Wildman–Crippen MR) is 108 cm³/mol. The Morgan fingerprint density at radius 1 is 0.857 bits per heavy atom. The third-order valence-corrected chi connectivity index (χ3v) is 5.39. The largest absolute Gasteiger partial charge is 0.490 e. The molecule has 0 atom stereocenters. The molecule has 0 N–H and O–H groups in total. The van der Waals surface area contributed by atoms with Gasteiger partial charge in [0.15, 0.2) is 0 Å². The standard InChI is InChI=1S/C21H19ClO5S/c1-16-7-10-19(11-8-16)28(23,24)26-14-13-25-21-12-9-18(15-20(21)22)27-17-5-3-2-4-6-17/h2-12,15H,13-14H2,1H3. The van der Waals surface area contributed by atoms with Gasteiger partial charge in [-0.3, -0.25) is 4.18 Å². The summed E-state index contributed by atoms with van der Waals surface area (Å²) in [6, 6.07) is 20.8. The molecule has 0 saturated carbocycles. The van der Waals surface area contributed by atoms with Gasteiger partial charge >= 0.3 is 0 Å². The Morgan fingerprint density at radius 3 is 2.25 bits per heavy atom. The summed E-state index contributed by atoms with van der Waals surface area (Å²) in [6.45, 7) is 1.78. The maximum absolute atomic E-state index is 12.1. The van der Waals surface area contributed by atoms with E-state index in [0.29, 0.717) is 22.3 Å². The Morgan fingerprint density at radius 2 is 1.57 bits per heavy atom. The molecule has 3 aromatic rings. The minimum Gasteiger partial charge on any atom is -0.490 e. The van der Waals surface area contributed by atoms with Gasteiger partial charge in [-0.15, -0.1) is 0 Å². The Bertz CT molecular complexity index is 1020. The van der Waals surface area contributed by atoms with Gasteiger partial charge in [-0.05, 0) is 43.3 Å². The average Bonchev–Trinajstić information content (AvgIpc) is 2.68. The number of ether oxygens (including phenoxy) is 2. The molecule has 0 aliphatic heterocycles. The molecule has 3 aromatic carbocycles. The molecule has 0 unspecified atom stereocenters. The molecule has 0 aromatic heterocycles. The lowest BCUT2D eigenvalue weighted by molar-refractivity contribution is 0.221. The van der Waals surface area contributed by atoms with Crippen molar-refractivity contribution in [3.05, 3.63) is 83.4 Å². The lowest BCUT2D eigenvalue weighted by atomic mass is 10.2. The molecular formula is C21H19ClO5S. The number of benzene rings is 3. The van der Waals surface area contributed by atoms with E-state index in [0.717, 1.165) is 5.56 Å². The van der Waals surface area contributed by atoms with E-state index in [1.165, 1.54) is 12.1 Å². The van der Waals surface area contributed by atoms with Crippen LogP contribution < -0.4 is 9.47 Å². The topological polar surface area (TPSA) is 61.8 Å². The van der Waals surface area contributed by atoms with Crippen LogP contribution in [0, 0.1) is 6.92 Å². The molecule has 28 heavy (non-hydrogen) atoms. The van der Waals surface area contributed by atoms with Gasteiger partial charge in [0.2, 0.25) is 0 Å². The van der Waals surface area contributed by atoms with E-state index < -0.39 is 10.1 Å². The quantitative estimate of drug-likeness (QED) is 0.370. The van der Waals surface area contributed by atoms with Crippen molar-refractivity contribution in [2.24, 2.45) is 0 Å². The van der Waals surface area contributed by atoms with Crippen LogP contribution in [0.2, 0.25) is 5.02 Å². The summed E-state index contributed by atoms with van der Waals surface area (Å²) >= 11 is 6.21. The van der Waals surface area contributed by atoms with Crippen LogP contribution in [0.25, 0.3) is 0 Å². The molecule has 0 bridgehead atoms. The van der Waals surface area contributed by atoms with Crippen LogP contribution in [0.1, 0.15) is 5.56 Å². The molecule has 146 valence electrons. The second-order valence-electron chi connectivity index (χ2n) is 5.94. The molecule has 0 amide bonds. The molecule has 0 aliphatic carbocycles. The van der Waals surface area contributed by atoms with E-state index in [1.54, 1.807) is 30.3 Å². The van der Waals surface area contributed by atoms with Gasteiger partial charge in [0.05, 0.1) is 9.92 Å². The van der Waals surface area contributed by atoms with Crippen molar-refractivity contribution in [1.29, 1.82) is 0 Å². The number of rotatable bonds is 8. The second-order valence-corrected chi connectivity index (χ2v) is 7.97. The first-order valence-electron chi connectivity index (χ1n) is 8.55. The second kappa shape index (κ2) is 9.10. The highest BCUT2D eigenvalue weighted by molar-refractivity contribution is 7.86. The molecule has 5 nitrogen and oxygen atoms in total. The van der Waals surface area contributed by atoms with Crippen LogP contribution in [0.4, 0.5) is 0 Å². The predicted octanol–water partition coefficient (Wildman–Crippen LogP) is 5.23. The minimum atomic E-state index is -3.82. The zero-order valence-corrected chi connectivity index (χ0v) is 16.7. The first kappa shape index (κ1) is 20.2. The highest BCUT2D eigenvalue weighted by Gasteiger charge is 2.15. The first-order valence-corrected chi connectivity index (χ1v) is 10.3. The fraction of sp³-hybridized carbons (Fsp3) is 0.143. The minimum absolute atomic E-state index is 0.0314. The Balaban J connectivity index is 1.52. The Kier molecular flexibility index (Phi) is 6.57. The van der Waals surface area contributed by atoms with E-state index in [-0.39, 0.29) is 18.1 Å². The number of hydrogen-bond acceptors (Lipinski definition) is 5. The van der Waals surface area contributed by atoms with Crippen LogP contribution in [0.5, 0.6) is 17.2 Å². The van der Waals surface area contributed by atoms with Crippen molar-refractivity contribution < 1.29 is 22.1 Å². The third kappa shape index (κ3) is 5.48. The Hall–Kier alpha value is -2.54. The zero-order chi connectivity index (χ0) is 20.0. The normalized spacial score (nSPS) is 11.2. The number of halogens is 1. The summed E-state index contributed by atoms with van der Waals surface area (Å²) in [7, 11) is -3.82. The van der Waals surface area contributed by atoms with Crippen LogP contribution in [-0.2, 0) is 14.3 Å². The fourth-order valence-electron chi connectivity index (χ4n) is 2.36. The van der Waals surface area contributed by atoms with E-state index in [9.17, 15) is 8.42 Å². The molecular weight excluding hydrogens is 400 g/mol. The van der Waals surface area contributed by atoms with Gasteiger partial charge in [0.1, 0.15) is 30.5 Å². The number of para-hydroxylation sites is 1. The van der Waals surface area contributed by atoms with E-state index in [4.69, 9.17) is 25.3 Å². The van der Waals surface area contributed by atoms with Gasteiger partial charge in [-0.2, -0.15) is 8.42 Å². The van der Waals surface area contributed by atoms with Gasteiger partial charge < -0.3 is 9.47 Å². The molecule has 0 aliphatic rings. The number of aryl methyl sites for hydroxylation is 1. The lowest BCUT2D eigenvalue weighted by Gasteiger charge is -2.11. The maximum atomic E-state index is 12.1. The fourth-order valence-corrected chi connectivity index (χ4v) is 3.47. The van der Waals surface area contributed by atoms with Crippen LogP contribution in [-0.4, -0.2) is 21.6 Å². The monoisotopic (exact) mass is 418 g/mol. The highest BCUT2D eigenvalue weighted by Crippen LogP contribution is 2.31. The zero-order valence-electron chi connectivity index (χ0n) is 15.2. The van der Waals surface area contributed by atoms with Gasteiger partial charge in [-0.25, -0.2) is 0 Å². The van der Waals surface area contributed by atoms with Crippen LogP contribution >= 0.6 is 11.6 Å². The summed E-state index contributed by atoms with van der Waals surface area (Å²) in [5.41, 5.74) is 0.969. The van der Waals surface area contributed by atoms with E-state index in [1.807, 2.05) is 37.3 Å². The van der Waals surface area contributed by atoms with Crippen LogP contribution in [0.15, 0.2) is 77.7 Å². The molecule has 0 fully saturated rings. The molecule has 3 rings (SSSR count). The van der Waals surface area contributed by atoms with Gasteiger partial charge in [0, 0.05) is 6.07 Å². The SMILES string of the molecule is Cc1ccc(S(=O)(=O)OCCOc2ccc(Oc3ccccc3)cc2Cl)cc1. The highest BCUT2D eigenvalue weighted by atomic mass is 35.5. The van der Waals surface area contributed by atoms with Crippen molar-refractivity contribution in [1.82, 2.24) is 0 Å². The first-order chi connectivity index (χ1) is 13.4. The number of hydrogen-bond donors (Lipinski definition) is 0. The van der Waals surface area contributed by atoms with Crippen LogP contribution in [0.3, 0.4) is 0 Å². The third-order valence-electron chi connectivity index (χ3n) is 3.77. The summed E-state index contributed by atoms with van der Waals surface area (Å²) in [5.74, 6) is 1.68. The van der Waals surface area contributed by atoms with E-state index in [2.05, 4.69) is 0 Å². The molecule has 7 heteroatoms.